The van der Waals surface area contributed by atoms with E-state index in [1.54, 1.807) is 0 Å². The van der Waals surface area contributed by atoms with Crippen molar-refractivity contribution < 1.29 is 9.59 Å². The van der Waals surface area contributed by atoms with E-state index in [2.05, 4.69) is 16.0 Å². The van der Waals surface area contributed by atoms with Gasteiger partial charge in [0.05, 0.1) is 0 Å². The monoisotopic (exact) mass is 372 g/mol. The smallest absolute Gasteiger partial charge is 0.315 e. The lowest BCUT2D eigenvalue weighted by Gasteiger charge is -2.24. The Kier molecular flexibility index (Phi) is 8.30. The molecule has 2 saturated heterocycles. The van der Waals surface area contributed by atoms with E-state index in [-0.39, 0.29) is 24.3 Å². The van der Waals surface area contributed by atoms with Crippen LogP contribution in [0.1, 0.15) is 64.2 Å². The van der Waals surface area contributed by atoms with Crippen LogP contribution in [0.3, 0.4) is 0 Å². The van der Waals surface area contributed by atoms with Gasteiger partial charge in [-0.05, 0) is 38.5 Å². The Balaban J connectivity index is 0.00000225. The number of carbonyl (C=O) groups is 2. The maximum absolute atomic E-state index is 12.4. The summed E-state index contributed by atoms with van der Waals surface area (Å²) >= 11 is 0. The lowest BCUT2D eigenvalue weighted by molar-refractivity contribution is -0.131. The Morgan fingerprint density at radius 2 is 1.76 bits per heavy atom. The van der Waals surface area contributed by atoms with Gasteiger partial charge in [-0.2, -0.15) is 0 Å². The Morgan fingerprint density at radius 1 is 1.00 bits per heavy atom. The van der Waals surface area contributed by atoms with Crippen molar-refractivity contribution in [2.24, 2.45) is 0 Å². The van der Waals surface area contributed by atoms with Gasteiger partial charge in [-0.25, -0.2) is 4.79 Å². The van der Waals surface area contributed by atoms with Crippen LogP contribution in [0.2, 0.25) is 0 Å². The third kappa shape index (κ3) is 6.33. The maximum Gasteiger partial charge on any atom is 0.315 e. The largest absolute Gasteiger partial charge is 0.341 e. The Bertz CT molecular complexity index is 443. The number of fused-ring (bicyclic) bond motifs is 2. The molecule has 1 aliphatic carbocycles. The third-order valence-corrected chi connectivity index (χ3v) is 5.67. The molecule has 2 unspecified atom stereocenters. The van der Waals surface area contributed by atoms with Crippen LogP contribution in [-0.4, -0.2) is 54.6 Å². The summed E-state index contributed by atoms with van der Waals surface area (Å²) in [6, 6.07) is 1.35. The Hall–Kier alpha value is -1.01. The average Bonchev–Trinajstić information content (AvgIpc) is 2.91. The first-order chi connectivity index (χ1) is 11.7. The van der Waals surface area contributed by atoms with E-state index >= 15 is 0 Å². The highest BCUT2D eigenvalue weighted by atomic mass is 35.5. The Labute approximate surface area is 157 Å². The van der Waals surface area contributed by atoms with Gasteiger partial charge in [-0.3, -0.25) is 4.79 Å². The summed E-state index contributed by atoms with van der Waals surface area (Å²) in [4.78, 5) is 26.2. The molecule has 0 aromatic rings. The second-order valence-electron chi connectivity index (χ2n) is 7.61. The van der Waals surface area contributed by atoms with E-state index in [9.17, 15) is 9.59 Å². The molecule has 2 heterocycles. The molecule has 7 heteroatoms. The number of halogens is 1. The molecule has 2 bridgehead atoms. The minimum Gasteiger partial charge on any atom is -0.341 e. The van der Waals surface area contributed by atoms with Crippen molar-refractivity contribution in [3.63, 3.8) is 0 Å². The molecule has 1 saturated carbocycles. The third-order valence-electron chi connectivity index (χ3n) is 5.67. The molecule has 3 fully saturated rings. The number of nitrogens with zero attached hydrogens (tertiary/aromatic N) is 1. The molecule has 6 nitrogen and oxygen atoms in total. The summed E-state index contributed by atoms with van der Waals surface area (Å²) in [6.07, 6.45) is 10.7. The molecule has 3 aliphatic rings. The maximum atomic E-state index is 12.4. The van der Waals surface area contributed by atoms with E-state index in [4.69, 9.17) is 0 Å². The second-order valence-corrected chi connectivity index (χ2v) is 7.61. The normalized spacial score (nSPS) is 26.5. The molecule has 3 amide bonds. The molecule has 0 aromatic carbocycles. The lowest BCUT2D eigenvalue weighted by Crippen LogP contribution is -2.43. The summed E-state index contributed by atoms with van der Waals surface area (Å²) in [7, 11) is 0. The Morgan fingerprint density at radius 3 is 2.56 bits per heavy atom. The quantitative estimate of drug-likeness (QED) is 0.647. The summed E-state index contributed by atoms with van der Waals surface area (Å²) in [5.41, 5.74) is 0. The van der Waals surface area contributed by atoms with E-state index < -0.39 is 0 Å². The number of rotatable bonds is 5. The molecule has 25 heavy (non-hydrogen) atoms. The first-order valence-electron chi connectivity index (χ1n) is 9.79. The topological polar surface area (TPSA) is 73.5 Å². The van der Waals surface area contributed by atoms with E-state index in [0.29, 0.717) is 31.1 Å². The predicted molar refractivity (Wildman–Crippen MR) is 101 cm³/mol. The van der Waals surface area contributed by atoms with Gasteiger partial charge in [0.25, 0.3) is 0 Å². The fraction of sp³-hybridized carbons (Fsp3) is 0.889. The molecular formula is C18H33ClN4O2. The van der Waals surface area contributed by atoms with Crippen LogP contribution >= 0.6 is 12.4 Å². The first kappa shape index (κ1) is 20.3. The second kappa shape index (κ2) is 10.2. The lowest BCUT2D eigenvalue weighted by atomic mass is 9.96. The number of nitrogens with one attached hydrogen (secondary N) is 3. The number of carbonyl (C=O) groups excluding carboxylic acids is 2. The van der Waals surface area contributed by atoms with Gasteiger partial charge in [0.2, 0.25) is 5.91 Å². The van der Waals surface area contributed by atoms with Crippen LogP contribution in [0, 0.1) is 0 Å². The van der Waals surface area contributed by atoms with Crippen LogP contribution in [0.15, 0.2) is 0 Å². The fourth-order valence-corrected chi connectivity index (χ4v) is 4.25. The van der Waals surface area contributed by atoms with Crippen LogP contribution in [0.5, 0.6) is 0 Å². The summed E-state index contributed by atoms with van der Waals surface area (Å²) < 4.78 is 0. The zero-order valence-electron chi connectivity index (χ0n) is 15.1. The van der Waals surface area contributed by atoms with Gasteiger partial charge >= 0.3 is 6.03 Å². The van der Waals surface area contributed by atoms with Crippen molar-refractivity contribution in [2.45, 2.75) is 82.3 Å². The minimum atomic E-state index is -0.0781. The zero-order valence-corrected chi connectivity index (χ0v) is 15.9. The van der Waals surface area contributed by atoms with Gasteiger partial charge in [-0.15, -0.1) is 12.4 Å². The van der Waals surface area contributed by atoms with Crippen molar-refractivity contribution in [1.29, 1.82) is 0 Å². The number of hydrogen-bond donors (Lipinski definition) is 3. The first-order valence-corrected chi connectivity index (χ1v) is 9.79. The molecule has 2 aliphatic heterocycles. The highest BCUT2D eigenvalue weighted by Gasteiger charge is 2.30. The average molecular weight is 373 g/mol. The fourth-order valence-electron chi connectivity index (χ4n) is 4.25. The molecular weight excluding hydrogens is 340 g/mol. The van der Waals surface area contributed by atoms with Gasteiger partial charge in [0.1, 0.15) is 0 Å². The highest BCUT2D eigenvalue weighted by molar-refractivity contribution is 5.85. The molecule has 0 radical (unpaired) electrons. The standard InChI is InChI=1S/C18H32N4O2.ClH/c23-17(22-12-10-15-8-9-16(13-22)20-15)7-4-11-19-18(24)21-14-5-2-1-3-6-14;/h14-16,20H,1-13H2,(H2,19,21,24);1H. The van der Waals surface area contributed by atoms with Crippen molar-refractivity contribution >= 4 is 24.3 Å². The molecule has 2 atom stereocenters. The van der Waals surface area contributed by atoms with Gasteiger partial charge in [0.15, 0.2) is 0 Å². The zero-order chi connectivity index (χ0) is 16.8. The van der Waals surface area contributed by atoms with E-state index in [0.717, 1.165) is 38.8 Å². The molecule has 3 N–H and O–H groups in total. The van der Waals surface area contributed by atoms with Crippen molar-refractivity contribution in [3.8, 4) is 0 Å². The van der Waals surface area contributed by atoms with Gasteiger partial charge in [-0.1, -0.05) is 19.3 Å². The summed E-state index contributed by atoms with van der Waals surface area (Å²) in [5, 5.41) is 9.54. The SMILES string of the molecule is Cl.O=C(NCCCC(=O)N1CCC2CCC(C1)N2)NC1CCCCC1. The highest BCUT2D eigenvalue weighted by Crippen LogP contribution is 2.21. The number of hydrogen-bond acceptors (Lipinski definition) is 3. The van der Waals surface area contributed by atoms with Crippen LogP contribution in [-0.2, 0) is 4.79 Å². The van der Waals surface area contributed by atoms with Gasteiger partial charge < -0.3 is 20.9 Å². The van der Waals surface area contributed by atoms with Crippen molar-refractivity contribution in [2.75, 3.05) is 19.6 Å². The van der Waals surface area contributed by atoms with E-state index in [1.807, 2.05) is 4.90 Å². The minimum absolute atomic E-state index is 0. The molecule has 0 aromatic heterocycles. The number of urea groups is 1. The molecule has 3 rings (SSSR count). The predicted octanol–water partition coefficient (Wildman–Crippen LogP) is 2.17. The van der Waals surface area contributed by atoms with Crippen LogP contribution < -0.4 is 16.0 Å². The van der Waals surface area contributed by atoms with Crippen LogP contribution in [0.25, 0.3) is 0 Å². The van der Waals surface area contributed by atoms with Crippen molar-refractivity contribution in [1.82, 2.24) is 20.9 Å². The van der Waals surface area contributed by atoms with Crippen molar-refractivity contribution in [3.05, 3.63) is 0 Å². The number of amides is 3. The summed E-state index contributed by atoms with van der Waals surface area (Å²) in [5.74, 6) is 0.235. The molecule has 0 spiro atoms. The van der Waals surface area contributed by atoms with E-state index in [1.165, 1.54) is 32.1 Å². The molecule has 144 valence electrons. The summed E-state index contributed by atoms with van der Waals surface area (Å²) in [6.45, 7) is 2.30. The van der Waals surface area contributed by atoms with Crippen LogP contribution in [0.4, 0.5) is 4.79 Å². The van der Waals surface area contributed by atoms with Gasteiger partial charge in [0, 0.05) is 44.2 Å². The number of likely N-dealkylation sites (tertiary alicyclic amines) is 1.